The van der Waals surface area contributed by atoms with E-state index in [1.807, 2.05) is 31.4 Å². The van der Waals surface area contributed by atoms with Gasteiger partial charge in [0.1, 0.15) is 0 Å². The molecule has 0 saturated carbocycles. The Morgan fingerprint density at radius 2 is 2.37 bits per heavy atom. The van der Waals surface area contributed by atoms with Gasteiger partial charge in [-0.1, -0.05) is 0 Å². The molecule has 0 spiro atoms. The average molecular weight is 281 g/mol. The lowest BCUT2D eigenvalue weighted by molar-refractivity contribution is 0.0701. The predicted molar refractivity (Wildman–Crippen MR) is 79.7 cm³/mol. The second kappa shape index (κ2) is 6.50. The molecule has 1 N–H and O–H groups in total. The summed E-state index contributed by atoms with van der Waals surface area (Å²) in [5.41, 5.74) is 1.14. The van der Waals surface area contributed by atoms with E-state index in [4.69, 9.17) is 0 Å². The zero-order valence-electron chi connectivity index (χ0n) is 12.0. The molecule has 1 aliphatic rings. The van der Waals surface area contributed by atoms with Crippen LogP contribution in [0.3, 0.4) is 0 Å². The van der Waals surface area contributed by atoms with E-state index >= 15 is 0 Å². The first kappa shape index (κ1) is 14.5. The van der Waals surface area contributed by atoms with Crippen molar-refractivity contribution in [1.29, 1.82) is 0 Å². The maximum Gasteiger partial charge on any atom is 0.264 e. The molecule has 19 heavy (non-hydrogen) atoms. The molecule has 2 heterocycles. The highest BCUT2D eigenvalue weighted by molar-refractivity contribution is 7.12. The van der Waals surface area contributed by atoms with Crippen molar-refractivity contribution >= 4 is 17.2 Å². The van der Waals surface area contributed by atoms with E-state index in [9.17, 15) is 4.79 Å². The molecule has 106 valence electrons. The van der Waals surface area contributed by atoms with Crippen molar-refractivity contribution in [2.45, 2.75) is 25.4 Å². The van der Waals surface area contributed by atoms with E-state index in [1.165, 1.54) is 0 Å². The summed E-state index contributed by atoms with van der Waals surface area (Å²) in [5.74, 6) is 0.201. The second-order valence-corrected chi connectivity index (χ2v) is 6.31. The van der Waals surface area contributed by atoms with Crippen LogP contribution in [0.5, 0.6) is 0 Å². The lowest BCUT2D eigenvalue weighted by Gasteiger charge is -2.32. The van der Waals surface area contributed by atoms with Gasteiger partial charge in [0, 0.05) is 25.7 Å². The number of carbonyl (C=O) groups is 1. The van der Waals surface area contributed by atoms with Crippen molar-refractivity contribution in [3.63, 3.8) is 0 Å². The van der Waals surface area contributed by atoms with E-state index in [0.717, 1.165) is 42.9 Å². The fourth-order valence-electron chi connectivity index (χ4n) is 2.53. The summed E-state index contributed by atoms with van der Waals surface area (Å²) in [7, 11) is 6.04. The van der Waals surface area contributed by atoms with Crippen LogP contribution < -0.4 is 5.32 Å². The zero-order valence-corrected chi connectivity index (χ0v) is 12.8. The van der Waals surface area contributed by atoms with Gasteiger partial charge in [-0.05, 0) is 51.0 Å². The van der Waals surface area contributed by atoms with Crippen molar-refractivity contribution in [1.82, 2.24) is 15.1 Å². The van der Waals surface area contributed by atoms with Crippen LogP contribution in [-0.4, -0.2) is 56.0 Å². The number of nitrogens with one attached hydrogen (secondary N) is 1. The Morgan fingerprint density at radius 3 is 3.05 bits per heavy atom. The molecule has 1 saturated heterocycles. The molecule has 1 unspecified atom stereocenters. The first-order chi connectivity index (χ1) is 9.11. The molecule has 4 nitrogen and oxygen atoms in total. The maximum absolute atomic E-state index is 12.6. The minimum atomic E-state index is 0.201. The van der Waals surface area contributed by atoms with E-state index in [-0.39, 0.29) is 5.91 Å². The number of likely N-dealkylation sites (N-methyl/N-ethyl adjacent to an activating group) is 1. The number of nitrogens with zero attached hydrogens (tertiary/aromatic N) is 2. The lowest BCUT2D eigenvalue weighted by atomic mass is 10.1. The second-order valence-electron chi connectivity index (χ2n) is 5.39. The summed E-state index contributed by atoms with van der Waals surface area (Å²) in [4.78, 5) is 17.6. The Morgan fingerprint density at radius 1 is 1.58 bits per heavy atom. The van der Waals surface area contributed by atoms with Gasteiger partial charge in [-0.15, -0.1) is 11.3 Å². The average Bonchev–Trinajstić information content (AvgIpc) is 2.85. The maximum atomic E-state index is 12.6. The van der Waals surface area contributed by atoms with E-state index in [0.29, 0.717) is 6.04 Å². The molecule has 1 atom stereocenters. The molecule has 1 aromatic rings. The van der Waals surface area contributed by atoms with Crippen molar-refractivity contribution in [2.24, 2.45) is 0 Å². The van der Waals surface area contributed by atoms with Crippen molar-refractivity contribution < 1.29 is 4.79 Å². The smallest absolute Gasteiger partial charge is 0.264 e. The summed E-state index contributed by atoms with van der Waals surface area (Å²) >= 11 is 1.56. The third-order valence-electron chi connectivity index (χ3n) is 3.54. The van der Waals surface area contributed by atoms with Gasteiger partial charge in [-0.2, -0.15) is 0 Å². The highest BCUT2D eigenvalue weighted by Crippen LogP contribution is 2.22. The van der Waals surface area contributed by atoms with Gasteiger partial charge in [0.25, 0.3) is 5.91 Å². The monoisotopic (exact) mass is 281 g/mol. The van der Waals surface area contributed by atoms with Crippen LogP contribution in [0.1, 0.15) is 28.1 Å². The van der Waals surface area contributed by atoms with Crippen LogP contribution in [0.4, 0.5) is 0 Å². The van der Waals surface area contributed by atoms with E-state index in [1.54, 1.807) is 11.3 Å². The Hall–Kier alpha value is -0.910. The third-order valence-corrected chi connectivity index (χ3v) is 4.49. The summed E-state index contributed by atoms with van der Waals surface area (Å²) in [5, 5.41) is 5.30. The summed E-state index contributed by atoms with van der Waals surface area (Å²) in [6, 6.07) is 2.51. The molecule has 0 bridgehead atoms. The number of likely N-dealkylation sites (tertiary alicyclic amines) is 1. The van der Waals surface area contributed by atoms with Crippen molar-refractivity contribution in [2.75, 3.05) is 34.2 Å². The van der Waals surface area contributed by atoms with Crippen LogP contribution in [0.25, 0.3) is 0 Å². The molecule has 1 aromatic heterocycles. The van der Waals surface area contributed by atoms with Gasteiger partial charge in [-0.25, -0.2) is 0 Å². The largest absolute Gasteiger partial charge is 0.336 e. The normalized spacial score (nSPS) is 20.0. The number of thiophene rings is 1. The molecular formula is C14H23N3OS. The minimum Gasteiger partial charge on any atom is -0.336 e. The molecular weight excluding hydrogens is 258 g/mol. The molecule has 2 rings (SSSR count). The molecule has 0 radical (unpaired) electrons. The first-order valence-electron chi connectivity index (χ1n) is 6.79. The standard InChI is InChI=1S/C14H23N3OS/c1-15-12-5-4-7-17(10-12)14(18)13-11(6-8-19-13)9-16(2)3/h6,8,12,15H,4-5,7,9-10H2,1-3H3. The summed E-state index contributed by atoms with van der Waals surface area (Å²) < 4.78 is 0. The van der Waals surface area contributed by atoms with Gasteiger partial charge in [0.2, 0.25) is 0 Å². The number of carbonyl (C=O) groups excluding carboxylic acids is 1. The van der Waals surface area contributed by atoms with Crippen molar-refractivity contribution in [3.8, 4) is 0 Å². The molecule has 0 aromatic carbocycles. The number of hydrogen-bond acceptors (Lipinski definition) is 4. The number of hydrogen-bond donors (Lipinski definition) is 1. The highest BCUT2D eigenvalue weighted by atomic mass is 32.1. The van der Waals surface area contributed by atoms with Gasteiger partial charge < -0.3 is 15.1 Å². The number of rotatable bonds is 4. The van der Waals surface area contributed by atoms with Crippen LogP contribution in [0.15, 0.2) is 11.4 Å². The van der Waals surface area contributed by atoms with Crippen molar-refractivity contribution in [3.05, 3.63) is 21.9 Å². The Bertz CT molecular complexity index is 430. The van der Waals surface area contributed by atoms with Gasteiger partial charge in [0.05, 0.1) is 4.88 Å². The number of amides is 1. The molecule has 1 fully saturated rings. The Kier molecular flexibility index (Phi) is 4.96. The first-order valence-corrected chi connectivity index (χ1v) is 7.67. The quantitative estimate of drug-likeness (QED) is 0.911. The molecule has 1 aliphatic heterocycles. The SMILES string of the molecule is CNC1CCCN(C(=O)c2sccc2CN(C)C)C1. The topological polar surface area (TPSA) is 35.6 Å². The van der Waals surface area contributed by atoms with Gasteiger partial charge in [0.15, 0.2) is 0 Å². The Balaban J connectivity index is 2.08. The molecule has 5 heteroatoms. The predicted octanol–water partition coefficient (Wildman–Crippen LogP) is 1.63. The Labute approximate surface area is 119 Å². The van der Waals surface area contributed by atoms with E-state index < -0.39 is 0 Å². The third kappa shape index (κ3) is 3.55. The zero-order chi connectivity index (χ0) is 13.8. The minimum absolute atomic E-state index is 0.201. The molecule has 0 aliphatic carbocycles. The number of piperidine rings is 1. The van der Waals surface area contributed by atoms with Crippen LogP contribution >= 0.6 is 11.3 Å². The lowest BCUT2D eigenvalue weighted by Crippen LogP contribution is -2.47. The van der Waals surface area contributed by atoms with E-state index in [2.05, 4.69) is 16.3 Å². The fraction of sp³-hybridized carbons (Fsp3) is 0.643. The fourth-order valence-corrected chi connectivity index (χ4v) is 3.41. The van der Waals surface area contributed by atoms with Crippen LogP contribution in [0.2, 0.25) is 0 Å². The molecule has 1 amide bonds. The van der Waals surface area contributed by atoms with Gasteiger partial charge in [-0.3, -0.25) is 4.79 Å². The summed E-state index contributed by atoms with van der Waals surface area (Å²) in [6.07, 6.45) is 2.25. The van der Waals surface area contributed by atoms with Gasteiger partial charge >= 0.3 is 0 Å². The van der Waals surface area contributed by atoms with Crippen LogP contribution in [-0.2, 0) is 6.54 Å². The summed E-state index contributed by atoms with van der Waals surface area (Å²) in [6.45, 7) is 2.54. The van der Waals surface area contributed by atoms with Crippen LogP contribution in [0, 0.1) is 0 Å². The highest BCUT2D eigenvalue weighted by Gasteiger charge is 2.25.